The molecule has 1 aliphatic rings. The summed E-state index contributed by atoms with van der Waals surface area (Å²) in [4.78, 5) is -0.388. The number of halogens is 2. The summed E-state index contributed by atoms with van der Waals surface area (Å²) in [6.45, 7) is 2.07. The van der Waals surface area contributed by atoms with E-state index in [2.05, 4.69) is 0 Å². The third kappa shape index (κ3) is 3.16. The van der Waals surface area contributed by atoms with Crippen LogP contribution in [0.25, 0.3) is 0 Å². The predicted octanol–water partition coefficient (Wildman–Crippen LogP) is 1.75. The summed E-state index contributed by atoms with van der Waals surface area (Å²) in [5.74, 6) is -2.00. The second kappa shape index (κ2) is 5.75. The molecule has 0 aromatic heterocycles. The molecule has 0 radical (unpaired) electrons. The van der Waals surface area contributed by atoms with Crippen molar-refractivity contribution in [3.63, 3.8) is 0 Å². The molecule has 20 heavy (non-hydrogen) atoms. The van der Waals surface area contributed by atoms with Gasteiger partial charge in [0, 0.05) is 19.2 Å². The minimum absolute atomic E-state index is 0.156. The maximum atomic E-state index is 13.2. The highest BCUT2D eigenvalue weighted by molar-refractivity contribution is 7.89. The second-order valence-corrected chi connectivity index (χ2v) is 7.05. The molecule has 112 valence electrons. The van der Waals surface area contributed by atoms with Crippen LogP contribution in [0.1, 0.15) is 19.8 Å². The van der Waals surface area contributed by atoms with E-state index >= 15 is 0 Å². The lowest BCUT2D eigenvalue weighted by molar-refractivity contribution is 0.0885. The monoisotopic (exact) mass is 305 g/mol. The molecule has 1 fully saturated rings. The van der Waals surface area contributed by atoms with Crippen LogP contribution < -0.4 is 0 Å². The molecule has 0 spiro atoms. The lowest BCUT2D eigenvalue weighted by Crippen LogP contribution is -2.42. The lowest BCUT2D eigenvalue weighted by Gasteiger charge is -2.33. The zero-order chi connectivity index (χ0) is 14.9. The third-order valence-electron chi connectivity index (χ3n) is 3.58. The fraction of sp³-hybridized carbons (Fsp3) is 0.538. The van der Waals surface area contributed by atoms with E-state index in [0.717, 1.165) is 18.6 Å². The van der Waals surface area contributed by atoms with Gasteiger partial charge in [0.1, 0.15) is 11.6 Å². The highest BCUT2D eigenvalue weighted by atomic mass is 32.2. The summed E-state index contributed by atoms with van der Waals surface area (Å²) in [6.07, 6.45) is 0.741. The Morgan fingerprint density at radius 2 is 1.90 bits per heavy atom. The summed E-state index contributed by atoms with van der Waals surface area (Å²) in [5, 5.41) is 9.58. The van der Waals surface area contributed by atoms with Crippen LogP contribution >= 0.6 is 0 Å². The summed E-state index contributed by atoms with van der Waals surface area (Å²) < 4.78 is 52.3. The van der Waals surface area contributed by atoms with Crippen molar-refractivity contribution in [3.05, 3.63) is 29.8 Å². The van der Waals surface area contributed by atoms with Crippen LogP contribution in [0.15, 0.2) is 23.1 Å². The Balaban J connectivity index is 2.30. The number of nitrogens with zero attached hydrogens (tertiary/aromatic N) is 1. The van der Waals surface area contributed by atoms with E-state index < -0.39 is 27.8 Å². The topological polar surface area (TPSA) is 57.6 Å². The third-order valence-corrected chi connectivity index (χ3v) is 5.42. The molecule has 1 N–H and O–H groups in total. The minimum atomic E-state index is -3.93. The highest BCUT2D eigenvalue weighted by Gasteiger charge is 2.32. The Morgan fingerprint density at radius 3 is 2.45 bits per heavy atom. The van der Waals surface area contributed by atoms with Gasteiger partial charge in [-0.1, -0.05) is 0 Å². The average molecular weight is 305 g/mol. The largest absolute Gasteiger partial charge is 0.393 e. The van der Waals surface area contributed by atoms with E-state index in [1.165, 1.54) is 4.31 Å². The van der Waals surface area contributed by atoms with Crippen LogP contribution in [-0.4, -0.2) is 37.0 Å². The summed E-state index contributed by atoms with van der Waals surface area (Å²) in [6, 6.07) is 2.25. The van der Waals surface area contributed by atoms with Crippen molar-refractivity contribution in [3.8, 4) is 0 Å². The zero-order valence-electron chi connectivity index (χ0n) is 11.1. The quantitative estimate of drug-likeness (QED) is 0.925. The van der Waals surface area contributed by atoms with Crippen LogP contribution in [0, 0.1) is 17.6 Å². The van der Waals surface area contributed by atoms with Gasteiger partial charge in [0.25, 0.3) is 0 Å². The van der Waals surface area contributed by atoms with Gasteiger partial charge in [-0.15, -0.1) is 0 Å². The van der Waals surface area contributed by atoms with Crippen LogP contribution in [0.4, 0.5) is 8.78 Å². The van der Waals surface area contributed by atoms with Gasteiger partial charge in [0.15, 0.2) is 0 Å². The van der Waals surface area contributed by atoms with Gasteiger partial charge < -0.3 is 5.11 Å². The van der Waals surface area contributed by atoms with Crippen molar-refractivity contribution >= 4 is 10.0 Å². The Bertz CT molecular complexity index is 569. The molecular formula is C13H17F2NO3S. The molecule has 1 saturated heterocycles. The fourth-order valence-corrected chi connectivity index (χ4v) is 3.99. The van der Waals surface area contributed by atoms with Crippen molar-refractivity contribution in [1.29, 1.82) is 0 Å². The van der Waals surface area contributed by atoms with Gasteiger partial charge >= 0.3 is 0 Å². The number of rotatable bonds is 3. The maximum Gasteiger partial charge on any atom is 0.243 e. The number of hydrogen-bond donors (Lipinski definition) is 1. The average Bonchev–Trinajstić information content (AvgIpc) is 2.37. The Morgan fingerprint density at radius 1 is 1.30 bits per heavy atom. The van der Waals surface area contributed by atoms with Gasteiger partial charge in [-0.25, -0.2) is 17.2 Å². The van der Waals surface area contributed by atoms with Crippen LogP contribution in [0.3, 0.4) is 0 Å². The first-order chi connectivity index (χ1) is 9.30. The lowest BCUT2D eigenvalue weighted by atomic mass is 9.95. The molecule has 4 nitrogen and oxygen atoms in total. The molecule has 1 heterocycles. The predicted molar refractivity (Wildman–Crippen MR) is 69.5 cm³/mol. The normalized spacial score (nSPS) is 22.7. The van der Waals surface area contributed by atoms with E-state index in [-0.39, 0.29) is 17.4 Å². The number of piperidine rings is 1. The SMILES string of the molecule is C[C@H](O)[C@H]1CCCN(S(=O)(=O)c2cc(F)cc(F)c2)C1. The fourth-order valence-electron chi connectivity index (χ4n) is 2.41. The van der Waals surface area contributed by atoms with E-state index in [4.69, 9.17) is 0 Å². The number of sulfonamides is 1. The van der Waals surface area contributed by atoms with E-state index in [1.54, 1.807) is 6.92 Å². The summed E-state index contributed by atoms with van der Waals surface area (Å²) >= 11 is 0. The van der Waals surface area contributed by atoms with E-state index in [1.807, 2.05) is 0 Å². The van der Waals surface area contributed by atoms with Gasteiger partial charge in [-0.3, -0.25) is 0 Å². The molecule has 2 rings (SSSR count). The molecule has 1 aliphatic heterocycles. The first-order valence-corrected chi connectivity index (χ1v) is 7.89. The summed E-state index contributed by atoms with van der Waals surface area (Å²) in [5.41, 5.74) is 0. The maximum absolute atomic E-state index is 13.2. The standard InChI is InChI=1S/C13H17F2NO3S/c1-9(17)10-3-2-4-16(8-10)20(18,19)13-6-11(14)5-12(15)7-13/h5-7,9-10,17H,2-4,8H2,1H3/t9-,10-/m0/s1. The molecule has 1 aromatic carbocycles. The zero-order valence-corrected chi connectivity index (χ0v) is 11.9. The molecule has 0 aliphatic carbocycles. The molecular weight excluding hydrogens is 288 g/mol. The molecule has 0 bridgehead atoms. The van der Waals surface area contributed by atoms with Crippen molar-refractivity contribution in [2.24, 2.45) is 5.92 Å². The Hall–Kier alpha value is -1.05. The van der Waals surface area contributed by atoms with Crippen molar-refractivity contribution < 1.29 is 22.3 Å². The second-order valence-electron chi connectivity index (χ2n) is 5.11. The van der Waals surface area contributed by atoms with E-state index in [9.17, 15) is 22.3 Å². The van der Waals surface area contributed by atoms with Gasteiger partial charge in [0.2, 0.25) is 10.0 Å². The molecule has 1 aromatic rings. The number of aliphatic hydroxyl groups is 1. The Labute approximate surface area is 117 Å². The molecule has 2 atom stereocenters. The van der Waals surface area contributed by atoms with Crippen LogP contribution in [0.2, 0.25) is 0 Å². The molecule has 0 unspecified atom stereocenters. The Kier molecular flexibility index (Phi) is 4.41. The van der Waals surface area contributed by atoms with Gasteiger partial charge in [-0.2, -0.15) is 4.31 Å². The summed E-state index contributed by atoms with van der Waals surface area (Å²) in [7, 11) is -3.93. The minimum Gasteiger partial charge on any atom is -0.393 e. The van der Waals surface area contributed by atoms with Gasteiger partial charge in [0.05, 0.1) is 11.0 Å². The number of aliphatic hydroxyl groups excluding tert-OH is 1. The molecule has 0 amide bonds. The van der Waals surface area contributed by atoms with Gasteiger partial charge in [-0.05, 0) is 37.8 Å². The smallest absolute Gasteiger partial charge is 0.243 e. The number of benzene rings is 1. The highest BCUT2D eigenvalue weighted by Crippen LogP contribution is 2.26. The van der Waals surface area contributed by atoms with Crippen molar-refractivity contribution in [2.45, 2.75) is 30.8 Å². The van der Waals surface area contributed by atoms with Crippen LogP contribution in [0.5, 0.6) is 0 Å². The first kappa shape index (κ1) is 15.3. The molecule has 0 saturated carbocycles. The van der Waals surface area contributed by atoms with Crippen LogP contribution in [-0.2, 0) is 10.0 Å². The van der Waals surface area contributed by atoms with Crippen molar-refractivity contribution in [2.75, 3.05) is 13.1 Å². The van der Waals surface area contributed by atoms with E-state index in [0.29, 0.717) is 19.0 Å². The molecule has 7 heteroatoms. The van der Waals surface area contributed by atoms with Crippen molar-refractivity contribution in [1.82, 2.24) is 4.31 Å². The number of hydrogen-bond acceptors (Lipinski definition) is 3. The first-order valence-electron chi connectivity index (χ1n) is 6.45.